The van der Waals surface area contributed by atoms with E-state index in [4.69, 9.17) is 4.42 Å². The predicted molar refractivity (Wildman–Crippen MR) is 240 cm³/mol. The Morgan fingerprint density at radius 2 is 0.877 bits per heavy atom. The van der Waals surface area contributed by atoms with Gasteiger partial charge in [-0.15, -0.1) is 0 Å². The molecule has 0 radical (unpaired) electrons. The van der Waals surface area contributed by atoms with Gasteiger partial charge in [0.1, 0.15) is 11.2 Å². The summed E-state index contributed by atoms with van der Waals surface area (Å²) in [6, 6.07) is 72.6. The summed E-state index contributed by atoms with van der Waals surface area (Å²) < 4.78 is 6.42. The number of anilines is 3. The Morgan fingerprint density at radius 1 is 0.368 bits per heavy atom. The summed E-state index contributed by atoms with van der Waals surface area (Å²) in [6.45, 7) is 4.67. The van der Waals surface area contributed by atoms with Gasteiger partial charge in [-0.05, 0) is 109 Å². The summed E-state index contributed by atoms with van der Waals surface area (Å²) in [5.74, 6) is 0. The molecule has 0 spiro atoms. The molecule has 10 aromatic rings. The number of rotatable bonds is 6. The van der Waals surface area contributed by atoms with Crippen molar-refractivity contribution in [1.29, 1.82) is 0 Å². The number of nitrogens with zero attached hydrogens (tertiary/aromatic N) is 1. The van der Waals surface area contributed by atoms with E-state index in [1.807, 2.05) is 12.1 Å². The molecule has 9 aromatic carbocycles. The van der Waals surface area contributed by atoms with Crippen molar-refractivity contribution in [2.45, 2.75) is 19.3 Å². The van der Waals surface area contributed by atoms with E-state index < -0.39 is 0 Å². The normalized spacial score (nSPS) is 12.9. The van der Waals surface area contributed by atoms with Crippen LogP contribution in [0.4, 0.5) is 17.1 Å². The van der Waals surface area contributed by atoms with E-state index in [9.17, 15) is 0 Å². The molecule has 2 heteroatoms. The highest BCUT2D eigenvalue weighted by Crippen LogP contribution is 2.50. The third-order valence-corrected chi connectivity index (χ3v) is 12.1. The summed E-state index contributed by atoms with van der Waals surface area (Å²) >= 11 is 0. The monoisotopic (exact) mass is 729 g/mol. The molecule has 0 aliphatic heterocycles. The number of hydrogen-bond donors (Lipinski definition) is 0. The molecule has 0 bridgehead atoms. The summed E-state index contributed by atoms with van der Waals surface area (Å²) in [6.07, 6.45) is 0. The van der Waals surface area contributed by atoms with E-state index in [-0.39, 0.29) is 5.41 Å². The molecule has 0 amide bonds. The molecule has 0 fully saturated rings. The Kier molecular flexibility index (Phi) is 7.55. The highest BCUT2D eigenvalue weighted by atomic mass is 16.3. The van der Waals surface area contributed by atoms with Gasteiger partial charge in [0.25, 0.3) is 0 Å². The zero-order chi connectivity index (χ0) is 38.1. The SMILES string of the molecule is CC1(C)c2ccccc2-c2cc(-c3ccc(N(c4ccc(-c5cccc6ccccc56)cc4)c4ccc(-c5cccc6c5oc5ccccc56)cc4)cc3)ccc21. The minimum absolute atomic E-state index is 0.00784. The van der Waals surface area contributed by atoms with Gasteiger partial charge in [0.2, 0.25) is 0 Å². The molecule has 1 aliphatic rings. The lowest BCUT2D eigenvalue weighted by molar-refractivity contribution is 0.660. The molecule has 1 heterocycles. The highest BCUT2D eigenvalue weighted by Gasteiger charge is 2.35. The molecule has 0 N–H and O–H groups in total. The second kappa shape index (κ2) is 13.0. The molecule has 57 heavy (non-hydrogen) atoms. The van der Waals surface area contributed by atoms with Crippen molar-refractivity contribution in [2.24, 2.45) is 0 Å². The highest BCUT2D eigenvalue weighted by molar-refractivity contribution is 6.09. The predicted octanol–water partition coefficient (Wildman–Crippen LogP) is 15.5. The van der Waals surface area contributed by atoms with E-state index in [2.05, 4.69) is 207 Å². The Bertz CT molecular complexity index is 3130. The first-order chi connectivity index (χ1) is 28.0. The number of para-hydroxylation sites is 2. The molecular formula is C55H39NO. The maximum Gasteiger partial charge on any atom is 0.143 e. The molecule has 270 valence electrons. The van der Waals surface area contributed by atoms with Gasteiger partial charge in [-0.1, -0.05) is 166 Å². The minimum atomic E-state index is -0.00784. The Balaban J connectivity index is 0.986. The number of furan rings is 1. The van der Waals surface area contributed by atoms with Crippen LogP contribution in [0.25, 0.3) is 77.2 Å². The standard InChI is InChI=1S/C55H39NO/c1-55(2)51-19-7-5-14-47(51)50-35-40(27-34-52(50)55)36-21-28-41(29-22-36)56(42-30-23-38(24-31-42)45-16-9-12-37-11-3-4-13-44(37)45)43-32-25-39(26-33-43)46-17-10-18-49-48-15-6-8-20-53(48)57-54(46)49/h3-35H,1-2H3. The second-order valence-electron chi connectivity index (χ2n) is 15.7. The van der Waals surface area contributed by atoms with Gasteiger partial charge < -0.3 is 9.32 Å². The van der Waals surface area contributed by atoms with Crippen LogP contribution >= 0.6 is 0 Å². The van der Waals surface area contributed by atoms with Crippen LogP contribution in [0.3, 0.4) is 0 Å². The van der Waals surface area contributed by atoms with Crippen molar-refractivity contribution in [2.75, 3.05) is 4.90 Å². The van der Waals surface area contributed by atoms with Gasteiger partial charge >= 0.3 is 0 Å². The molecular weight excluding hydrogens is 691 g/mol. The van der Waals surface area contributed by atoms with Crippen molar-refractivity contribution in [3.63, 3.8) is 0 Å². The van der Waals surface area contributed by atoms with E-state index in [1.165, 1.54) is 55.3 Å². The maximum atomic E-state index is 6.42. The number of hydrogen-bond acceptors (Lipinski definition) is 2. The molecule has 1 aromatic heterocycles. The molecule has 2 nitrogen and oxygen atoms in total. The maximum absolute atomic E-state index is 6.42. The number of benzene rings is 9. The van der Waals surface area contributed by atoms with Crippen LogP contribution in [0.15, 0.2) is 205 Å². The van der Waals surface area contributed by atoms with Gasteiger partial charge in [-0.3, -0.25) is 0 Å². The van der Waals surface area contributed by atoms with Gasteiger partial charge in [0, 0.05) is 38.8 Å². The van der Waals surface area contributed by atoms with Crippen molar-refractivity contribution >= 4 is 49.8 Å². The van der Waals surface area contributed by atoms with Crippen molar-refractivity contribution in [1.82, 2.24) is 0 Å². The van der Waals surface area contributed by atoms with Crippen LogP contribution in [0.5, 0.6) is 0 Å². The molecule has 0 unspecified atom stereocenters. The van der Waals surface area contributed by atoms with Crippen LogP contribution in [0.1, 0.15) is 25.0 Å². The first-order valence-electron chi connectivity index (χ1n) is 19.8. The van der Waals surface area contributed by atoms with Crippen molar-refractivity contribution < 1.29 is 4.42 Å². The van der Waals surface area contributed by atoms with Crippen molar-refractivity contribution in [3.05, 3.63) is 211 Å². The van der Waals surface area contributed by atoms with E-state index in [0.29, 0.717) is 0 Å². The molecule has 0 atom stereocenters. The third kappa shape index (κ3) is 5.40. The van der Waals surface area contributed by atoms with E-state index in [0.717, 1.165) is 50.1 Å². The summed E-state index contributed by atoms with van der Waals surface area (Å²) in [5, 5.41) is 4.78. The summed E-state index contributed by atoms with van der Waals surface area (Å²) in [5.41, 5.74) is 17.6. The van der Waals surface area contributed by atoms with Crippen LogP contribution in [0, 0.1) is 0 Å². The molecule has 11 rings (SSSR count). The largest absolute Gasteiger partial charge is 0.455 e. The lowest BCUT2D eigenvalue weighted by Gasteiger charge is -2.26. The van der Waals surface area contributed by atoms with Crippen LogP contribution in [-0.2, 0) is 5.41 Å². The smallest absolute Gasteiger partial charge is 0.143 e. The lowest BCUT2D eigenvalue weighted by Crippen LogP contribution is -2.14. The van der Waals surface area contributed by atoms with Crippen LogP contribution < -0.4 is 4.90 Å². The van der Waals surface area contributed by atoms with Crippen LogP contribution in [0.2, 0.25) is 0 Å². The fourth-order valence-corrected chi connectivity index (χ4v) is 9.18. The summed E-state index contributed by atoms with van der Waals surface area (Å²) in [7, 11) is 0. The summed E-state index contributed by atoms with van der Waals surface area (Å²) in [4.78, 5) is 2.35. The minimum Gasteiger partial charge on any atom is -0.455 e. The van der Waals surface area contributed by atoms with E-state index in [1.54, 1.807) is 0 Å². The average Bonchev–Trinajstić information content (AvgIpc) is 3.76. The molecule has 0 saturated carbocycles. The Labute approximate surface area is 332 Å². The van der Waals surface area contributed by atoms with E-state index >= 15 is 0 Å². The number of fused-ring (bicyclic) bond motifs is 7. The van der Waals surface area contributed by atoms with Gasteiger partial charge in [0.15, 0.2) is 0 Å². The van der Waals surface area contributed by atoms with Gasteiger partial charge in [0.05, 0.1) is 0 Å². The topological polar surface area (TPSA) is 16.4 Å². The molecule has 1 aliphatic carbocycles. The van der Waals surface area contributed by atoms with Crippen LogP contribution in [-0.4, -0.2) is 0 Å². The van der Waals surface area contributed by atoms with Gasteiger partial charge in [-0.25, -0.2) is 0 Å². The Morgan fingerprint density at radius 3 is 1.63 bits per heavy atom. The lowest BCUT2D eigenvalue weighted by atomic mass is 9.82. The first-order valence-corrected chi connectivity index (χ1v) is 19.8. The first kappa shape index (κ1) is 33.2. The third-order valence-electron chi connectivity index (χ3n) is 12.1. The second-order valence-corrected chi connectivity index (χ2v) is 15.7. The zero-order valence-electron chi connectivity index (χ0n) is 31.9. The quantitative estimate of drug-likeness (QED) is 0.169. The molecule has 0 saturated heterocycles. The fraction of sp³-hybridized carbons (Fsp3) is 0.0545. The van der Waals surface area contributed by atoms with Crippen molar-refractivity contribution in [3.8, 4) is 44.5 Å². The zero-order valence-corrected chi connectivity index (χ0v) is 31.9. The van der Waals surface area contributed by atoms with Gasteiger partial charge in [-0.2, -0.15) is 0 Å². The Hall–Kier alpha value is -7.16. The average molecular weight is 730 g/mol. The fourth-order valence-electron chi connectivity index (χ4n) is 9.18.